The fourth-order valence-corrected chi connectivity index (χ4v) is 5.62. The Morgan fingerprint density at radius 2 is 1.02 bits per heavy atom. The number of aromatic nitrogens is 6. The summed E-state index contributed by atoms with van der Waals surface area (Å²) in [5, 5.41) is 8.57. The van der Waals surface area contributed by atoms with E-state index in [0.717, 1.165) is 19.3 Å². The highest BCUT2D eigenvalue weighted by atomic mass is 16.6. The Morgan fingerprint density at radius 3 is 1.47 bits per heavy atom. The summed E-state index contributed by atoms with van der Waals surface area (Å²) < 4.78 is 39.4. The van der Waals surface area contributed by atoms with Crippen LogP contribution in [-0.4, -0.2) is 60.0 Å². The fraction of sp³-hybridized carbons (Fsp3) is 0.417. The van der Waals surface area contributed by atoms with Crippen molar-refractivity contribution in [2.45, 2.75) is 90.3 Å². The number of carbonyl (C=O) groups excluding carboxylic acids is 3. The summed E-state index contributed by atoms with van der Waals surface area (Å²) in [6, 6.07) is -1.33. The van der Waals surface area contributed by atoms with Crippen LogP contribution < -0.4 is 16.0 Å². The number of unbranched alkanes of at least 4 members (excludes halogenated alkanes) is 3. The van der Waals surface area contributed by atoms with Crippen molar-refractivity contribution < 1.29 is 45.6 Å². The van der Waals surface area contributed by atoms with Crippen molar-refractivity contribution in [3.05, 3.63) is 60.7 Å². The average molecular weight is 758 g/mol. The highest BCUT2D eigenvalue weighted by molar-refractivity contribution is 5.93. The van der Waals surface area contributed by atoms with Crippen molar-refractivity contribution in [1.29, 1.82) is 0 Å². The van der Waals surface area contributed by atoms with E-state index in [4.69, 9.17) is 31.2 Å². The molecule has 0 saturated heterocycles. The molecule has 0 spiro atoms. The van der Waals surface area contributed by atoms with Crippen LogP contribution in [0.3, 0.4) is 0 Å². The summed E-state index contributed by atoms with van der Waals surface area (Å²) in [5.74, 6) is -0.417. The number of hydrogen-bond acceptors (Lipinski definition) is 16. The van der Waals surface area contributed by atoms with E-state index in [0.29, 0.717) is 32.2 Å². The minimum Gasteiger partial charge on any atom is -0.446 e. The van der Waals surface area contributed by atoms with Crippen LogP contribution >= 0.6 is 0 Å². The van der Waals surface area contributed by atoms with E-state index in [1.807, 2.05) is 0 Å². The number of rotatable bonds is 9. The molecule has 19 nitrogen and oxygen atoms in total. The Balaban J connectivity index is 1.17. The van der Waals surface area contributed by atoms with Gasteiger partial charge in [0, 0.05) is 6.54 Å². The van der Waals surface area contributed by atoms with Crippen LogP contribution in [0.5, 0.6) is 0 Å². The van der Waals surface area contributed by atoms with Crippen molar-refractivity contribution in [1.82, 2.24) is 45.9 Å². The third-order valence-corrected chi connectivity index (χ3v) is 8.29. The molecule has 6 aromatic rings. The molecule has 0 radical (unpaired) electrons. The van der Waals surface area contributed by atoms with Gasteiger partial charge in [0.25, 0.3) is 11.8 Å². The smallest absolute Gasteiger partial charge is 0.407 e. The predicted octanol–water partition coefficient (Wildman–Crippen LogP) is 6.81. The van der Waals surface area contributed by atoms with Crippen LogP contribution in [0.1, 0.15) is 117 Å². The number of oxazole rings is 6. The van der Waals surface area contributed by atoms with Crippen LogP contribution in [0.4, 0.5) is 4.79 Å². The van der Waals surface area contributed by atoms with Gasteiger partial charge in [0.05, 0.1) is 0 Å². The van der Waals surface area contributed by atoms with Crippen molar-refractivity contribution in [3.8, 4) is 46.3 Å². The topological polar surface area (TPSA) is 253 Å². The number of hydrogen-bond donors (Lipinski definition) is 3. The van der Waals surface area contributed by atoms with Crippen molar-refractivity contribution in [3.63, 3.8) is 0 Å². The zero-order chi connectivity index (χ0) is 38.5. The van der Waals surface area contributed by atoms with Gasteiger partial charge in [0.1, 0.15) is 55.3 Å². The molecule has 1 aliphatic rings. The van der Waals surface area contributed by atoms with Gasteiger partial charge in [-0.25, -0.2) is 34.7 Å². The lowest BCUT2D eigenvalue weighted by Gasteiger charge is -2.19. The normalized spacial score (nSPS) is 15.9. The van der Waals surface area contributed by atoms with Gasteiger partial charge in [0.15, 0.2) is 34.2 Å². The van der Waals surface area contributed by atoms with Crippen molar-refractivity contribution >= 4 is 17.9 Å². The lowest BCUT2D eigenvalue weighted by atomic mass is 10.1. The molecule has 7 rings (SSSR count). The van der Waals surface area contributed by atoms with Gasteiger partial charge >= 0.3 is 6.09 Å². The monoisotopic (exact) mass is 757 g/mol. The van der Waals surface area contributed by atoms with Gasteiger partial charge < -0.3 is 47.2 Å². The largest absolute Gasteiger partial charge is 0.446 e. The van der Waals surface area contributed by atoms with E-state index >= 15 is 0 Å². The van der Waals surface area contributed by atoms with Crippen molar-refractivity contribution in [2.75, 3.05) is 6.54 Å². The molecule has 288 valence electrons. The molecule has 7 heterocycles. The summed E-state index contributed by atoms with van der Waals surface area (Å²) in [6.45, 7) is 7.77. The van der Waals surface area contributed by atoms with Crippen LogP contribution in [-0.2, 0) is 4.74 Å². The van der Waals surface area contributed by atoms with Gasteiger partial charge in [-0.1, -0.05) is 26.2 Å². The number of ether oxygens (including phenoxy) is 1. The summed E-state index contributed by atoms with van der Waals surface area (Å²) >= 11 is 0. The number of carbonyl (C=O) groups is 3. The third-order valence-electron chi connectivity index (χ3n) is 8.29. The van der Waals surface area contributed by atoms with E-state index in [9.17, 15) is 14.4 Å². The molecule has 2 unspecified atom stereocenters. The first kappa shape index (κ1) is 36.8. The molecular formula is C36H39N9O10. The molecule has 0 aliphatic carbocycles. The van der Waals surface area contributed by atoms with Gasteiger partial charge in [-0.3, -0.25) is 9.59 Å². The second kappa shape index (κ2) is 15.8. The Hall–Kier alpha value is -6.53. The molecule has 3 N–H and O–H groups in total. The van der Waals surface area contributed by atoms with Crippen molar-refractivity contribution in [2.24, 2.45) is 0 Å². The number of nitrogens with one attached hydrogen (secondary N) is 3. The summed E-state index contributed by atoms with van der Waals surface area (Å²) in [5.41, 5.74) is 0.273. The van der Waals surface area contributed by atoms with E-state index in [1.54, 1.807) is 20.8 Å². The molecule has 12 bridgehead atoms. The number of alkyl carbamates (subject to hydrolysis) is 1. The van der Waals surface area contributed by atoms with Gasteiger partial charge in [-0.2, -0.15) is 0 Å². The minimum absolute atomic E-state index is 0.00698. The second-order valence-corrected chi connectivity index (χ2v) is 13.8. The first-order chi connectivity index (χ1) is 26.5. The number of fused-ring (bicyclic) bond motifs is 16. The minimum atomic E-state index is -0.735. The third kappa shape index (κ3) is 8.82. The average Bonchev–Trinajstić information content (AvgIpc) is 3.99. The lowest BCUT2D eigenvalue weighted by molar-refractivity contribution is 0.0526. The van der Waals surface area contributed by atoms with E-state index in [-0.39, 0.29) is 69.5 Å². The molecule has 6 aromatic heterocycles. The molecule has 0 fully saturated rings. The standard InChI is InChI=1S/C36H39N9O10/c1-5-6-7-10-19-29-42-25(15-51-29)33-44-24(17-53-33)32-41-22(14-50-32)28(47)39-20(11-8-9-12-37-35(48)55-36(2,3)4)30-43-26(16-52-30)34-45-23(18-54-34)31-40-21(13-49-31)27(46)38-19/h13-20H,5-12H2,1-4H3,(H,37,48)(H,38,46)(H,39,47). The van der Waals surface area contributed by atoms with Crippen LogP contribution in [0.2, 0.25) is 0 Å². The molecule has 0 saturated carbocycles. The highest BCUT2D eigenvalue weighted by Gasteiger charge is 2.28. The second-order valence-electron chi connectivity index (χ2n) is 13.8. The fourth-order valence-electron chi connectivity index (χ4n) is 5.62. The zero-order valence-electron chi connectivity index (χ0n) is 30.5. The van der Waals surface area contributed by atoms with Gasteiger partial charge in [-0.05, 0) is 46.5 Å². The Labute approximate surface area is 313 Å². The molecular weight excluding hydrogens is 718 g/mol. The maximum atomic E-state index is 13.5. The first-order valence-electron chi connectivity index (χ1n) is 17.9. The molecule has 2 atom stereocenters. The summed E-state index contributed by atoms with van der Waals surface area (Å²) in [6.07, 6.45) is 12.0. The predicted molar refractivity (Wildman–Crippen MR) is 188 cm³/mol. The SMILES string of the molecule is CCCCCC1NC(=O)c2coc(n2)-c2coc(n2)-c2coc(n2)C(CCCCNC(=O)OC(C)(C)C)NC(=O)c2coc(n2)-c2coc(n2)-c2coc1n2. The molecule has 0 aromatic carbocycles. The first-order valence-corrected chi connectivity index (χ1v) is 17.9. The Morgan fingerprint density at radius 1 is 0.618 bits per heavy atom. The number of nitrogens with zero attached hydrogens (tertiary/aromatic N) is 6. The highest BCUT2D eigenvalue weighted by Crippen LogP contribution is 2.30. The Bertz CT molecular complexity index is 2250. The molecule has 55 heavy (non-hydrogen) atoms. The number of amides is 3. The van der Waals surface area contributed by atoms with Crippen LogP contribution in [0.15, 0.2) is 64.1 Å². The maximum Gasteiger partial charge on any atom is 0.407 e. The summed E-state index contributed by atoms with van der Waals surface area (Å²) in [4.78, 5) is 65.6. The molecule has 1 aliphatic heterocycles. The van der Waals surface area contributed by atoms with E-state index in [1.165, 1.54) is 37.6 Å². The quantitative estimate of drug-likeness (QED) is 0.128. The molecule has 3 amide bonds. The van der Waals surface area contributed by atoms with Gasteiger partial charge in [-0.15, -0.1) is 0 Å². The Kier molecular flexibility index (Phi) is 10.6. The zero-order valence-corrected chi connectivity index (χ0v) is 30.5. The van der Waals surface area contributed by atoms with Gasteiger partial charge in [0.2, 0.25) is 35.3 Å². The van der Waals surface area contributed by atoms with E-state index < -0.39 is 35.6 Å². The molecule has 19 heteroatoms. The van der Waals surface area contributed by atoms with Crippen LogP contribution in [0, 0.1) is 0 Å². The maximum absolute atomic E-state index is 13.5. The van der Waals surface area contributed by atoms with E-state index in [2.05, 4.69) is 52.8 Å². The lowest BCUT2D eigenvalue weighted by Crippen LogP contribution is -2.33. The summed E-state index contributed by atoms with van der Waals surface area (Å²) in [7, 11) is 0. The van der Waals surface area contributed by atoms with Crippen LogP contribution in [0.25, 0.3) is 46.3 Å².